The van der Waals surface area contributed by atoms with E-state index in [0.717, 1.165) is 25.4 Å². The first kappa shape index (κ1) is 11.3. The summed E-state index contributed by atoms with van der Waals surface area (Å²) in [6.07, 6.45) is 2.92. The summed E-state index contributed by atoms with van der Waals surface area (Å²) in [7, 11) is 4.19. The molecule has 1 aromatic rings. The molecule has 0 saturated heterocycles. The third-order valence-corrected chi connectivity index (χ3v) is 2.21. The zero-order valence-electron chi connectivity index (χ0n) is 9.34. The maximum absolute atomic E-state index is 5.32. The summed E-state index contributed by atoms with van der Waals surface area (Å²) in [4.78, 5) is 2.19. The van der Waals surface area contributed by atoms with Crippen molar-refractivity contribution in [2.24, 2.45) is 0 Å². The highest BCUT2D eigenvalue weighted by molar-refractivity contribution is 5.13. The molecular weight excluding hydrogens is 176 g/mol. The fourth-order valence-corrected chi connectivity index (χ4v) is 1.31. The molecular formula is C11H20N2O. The van der Waals surface area contributed by atoms with Crippen LogP contribution in [0.3, 0.4) is 0 Å². The Morgan fingerprint density at radius 3 is 2.79 bits per heavy atom. The van der Waals surface area contributed by atoms with Gasteiger partial charge in [0.25, 0.3) is 0 Å². The molecule has 0 aliphatic carbocycles. The monoisotopic (exact) mass is 196 g/mol. The van der Waals surface area contributed by atoms with Crippen molar-refractivity contribution < 1.29 is 4.42 Å². The molecule has 0 aromatic carbocycles. The van der Waals surface area contributed by atoms with E-state index in [0.29, 0.717) is 0 Å². The molecule has 0 atom stereocenters. The van der Waals surface area contributed by atoms with Gasteiger partial charge in [-0.05, 0) is 52.2 Å². The summed E-state index contributed by atoms with van der Waals surface area (Å²) in [5.41, 5.74) is 1.23. The molecule has 0 unspecified atom stereocenters. The van der Waals surface area contributed by atoms with Crippen molar-refractivity contribution in [2.45, 2.75) is 19.9 Å². The van der Waals surface area contributed by atoms with E-state index in [4.69, 9.17) is 4.42 Å². The van der Waals surface area contributed by atoms with Gasteiger partial charge in [0.1, 0.15) is 5.76 Å². The fourth-order valence-electron chi connectivity index (χ4n) is 1.31. The smallest absolute Gasteiger partial charge is 0.120 e. The predicted octanol–water partition coefficient (Wildman–Crippen LogP) is 1.63. The van der Waals surface area contributed by atoms with Crippen LogP contribution in [0.25, 0.3) is 0 Å². The van der Waals surface area contributed by atoms with Crippen LogP contribution >= 0.6 is 0 Å². The van der Waals surface area contributed by atoms with Crippen LogP contribution in [-0.2, 0) is 6.54 Å². The maximum atomic E-state index is 5.32. The van der Waals surface area contributed by atoms with Crippen LogP contribution in [0.1, 0.15) is 17.7 Å². The molecule has 1 N–H and O–H groups in total. The van der Waals surface area contributed by atoms with Crippen LogP contribution in [0.2, 0.25) is 0 Å². The second kappa shape index (κ2) is 5.83. The van der Waals surface area contributed by atoms with Crippen molar-refractivity contribution in [3.63, 3.8) is 0 Å². The number of furan rings is 1. The van der Waals surface area contributed by atoms with Gasteiger partial charge in [-0.2, -0.15) is 0 Å². The maximum Gasteiger partial charge on any atom is 0.120 e. The Morgan fingerprint density at radius 2 is 2.21 bits per heavy atom. The van der Waals surface area contributed by atoms with Crippen LogP contribution in [0.5, 0.6) is 0 Å². The highest BCUT2D eigenvalue weighted by Crippen LogP contribution is 2.07. The first-order chi connectivity index (χ1) is 6.70. The average molecular weight is 196 g/mol. The zero-order chi connectivity index (χ0) is 10.4. The first-order valence-electron chi connectivity index (χ1n) is 5.08. The lowest BCUT2D eigenvalue weighted by atomic mass is 10.3. The van der Waals surface area contributed by atoms with Crippen molar-refractivity contribution in [1.82, 2.24) is 10.2 Å². The van der Waals surface area contributed by atoms with Gasteiger partial charge in [-0.25, -0.2) is 0 Å². The third-order valence-electron chi connectivity index (χ3n) is 2.21. The lowest BCUT2D eigenvalue weighted by molar-refractivity contribution is 0.390. The van der Waals surface area contributed by atoms with Crippen molar-refractivity contribution in [3.8, 4) is 0 Å². The zero-order valence-corrected chi connectivity index (χ0v) is 9.34. The minimum absolute atomic E-state index is 0.840. The molecule has 0 spiro atoms. The van der Waals surface area contributed by atoms with E-state index in [1.807, 2.05) is 6.07 Å². The standard InChI is InChI=1S/C11H20N2O/c1-10-5-8-14-11(10)9-12-6-4-7-13(2)3/h5,8,12H,4,6-7,9H2,1-3H3. The molecule has 0 fully saturated rings. The molecule has 0 saturated carbocycles. The first-order valence-corrected chi connectivity index (χ1v) is 5.08. The van der Waals surface area contributed by atoms with Gasteiger partial charge in [0.2, 0.25) is 0 Å². The Bertz CT molecular complexity index is 256. The Morgan fingerprint density at radius 1 is 1.43 bits per heavy atom. The lowest BCUT2D eigenvalue weighted by Crippen LogP contribution is -2.21. The summed E-state index contributed by atoms with van der Waals surface area (Å²) in [5.74, 6) is 1.05. The Kier molecular flexibility index (Phi) is 4.70. The lowest BCUT2D eigenvalue weighted by Gasteiger charge is -2.09. The SMILES string of the molecule is Cc1ccoc1CNCCCN(C)C. The van der Waals surface area contributed by atoms with Gasteiger partial charge in [0.05, 0.1) is 12.8 Å². The largest absolute Gasteiger partial charge is 0.468 e. The highest BCUT2D eigenvalue weighted by Gasteiger charge is 1.99. The second-order valence-electron chi connectivity index (χ2n) is 3.86. The minimum atomic E-state index is 0.840. The molecule has 3 nitrogen and oxygen atoms in total. The van der Waals surface area contributed by atoms with Gasteiger partial charge in [0, 0.05) is 0 Å². The number of hydrogen-bond acceptors (Lipinski definition) is 3. The highest BCUT2D eigenvalue weighted by atomic mass is 16.3. The summed E-state index contributed by atoms with van der Waals surface area (Å²) < 4.78 is 5.32. The molecule has 1 rings (SSSR count). The van der Waals surface area contributed by atoms with E-state index in [2.05, 4.69) is 31.2 Å². The van der Waals surface area contributed by atoms with Gasteiger partial charge in [-0.15, -0.1) is 0 Å². The molecule has 80 valence electrons. The minimum Gasteiger partial charge on any atom is -0.468 e. The predicted molar refractivity (Wildman–Crippen MR) is 58.3 cm³/mol. The van der Waals surface area contributed by atoms with Crippen molar-refractivity contribution >= 4 is 0 Å². The van der Waals surface area contributed by atoms with Crippen LogP contribution in [0.4, 0.5) is 0 Å². The van der Waals surface area contributed by atoms with E-state index >= 15 is 0 Å². The van der Waals surface area contributed by atoms with Gasteiger partial charge >= 0.3 is 0 Å². The van der Waals surface area contributed by atoms with Crippen LogP contribution in [0.15, 0.2) is 16.7 Å². The number of rotatable bonds is 6. The molecule has 0 radical (unpaired) electrons. The Labute approximate surface area is 86.1 Å². The average Bonchev–Trinajstić information content (AvgIpc) is 2.51. The van der Waals surface area contributed by atoms with Gasteiger partial charge in [0.15, 0.2) is 0 Å². The number of nitrogens with one attached hydrogen (secondary N) is 1. The van der Waals surface area contributed by atoms with Crippen molar-refractivity contribution in [1.29, 1.82) is 0 Å². The topological polar surface area (TPSA) is 28.4 Å². The van der Waals surface area contributed by atoms with Gasteiger partial charge in [-0.1, -0.05) is 0 Å². The van der Waals surface area contributed by atoms with Gasteiger partial charge < -0.3 is 14.6 Å². The van der Waals surface area contributed by atoms with Crippen LogP contribution in [0, 0.1) is 6.92 Å². The summed E-state index contributed by atoms with van der Waals surface area (Å²) in [5, 5.41) is 3.36. The van der Waals surface area contributed by atoms with E-state index in [1.165, 1.54) is 12.0 Å². The Balaban J connectivity index is 2.08. The summed E-state index contributed by atoms with van der Waals surface area (Å²) >= 11 is 0. The molecule has 0 aliphatic heterocycles. The summed E-state index contributed by atoms with van der Waals surface area (Å²) in [6.45, 7) is 5.08. The molecule has 1 heterocycles. The quantitative estimate of drug-likeness (QED) is 0.701. The third kappa shape index (κ3) is 3.94. The molecule has 0 bridgehead atoms. The van der Waals surface area contributed by atoms with Crippen molar-refractivity contribution in [2.75, 3.05) is 27.2 Å². The van der Waals surface area contributed by atoms with Crippen LogP contribution < -0.4 is 5.32 Å². The van der Waals surface area contributed by atoms with Crippen LogP contribution in [-0.4, -0.2) is 32.1 Å². The van der Waals surface area contributed by atoms with E-state index in [-0.39, 0.29) is 0 Å². The van der Waals surface area contributed by atoms with Crippen molar-refractivity contribution in [3.05, 3.63) is 23.7 Å². The number of aryl methyl sites for hydroxylation is 1. The molecule has 0 amide bonds. The normalized spacial score (nSPS) is 11.1. The van der Waals surface area contributed by atoms with E-state index in [1.54, 1.807) is 6.26 Å². The molecule has 3 heteroatoms. The molecule has 14 heavy (non-hydrogen) atoms. The Hall–Kier alpha value is -0.800. The second-order valence-corrected chi connectivity index (χ2v) is 3.86. The van der Waals surface area contributed by atoms with Gasteiger partial charge in [-0.3, -0.25) is 0 Å². The number of hydrogen-bond donors (Lipinski definition) is 1. The van der Waals surface area contributed by atoms with E-state index < -0.39 is 0 Å². The van der Waals surface area contributed by atoms with E-state index in [9.17, 15) is 0 Å². The summed E-state index contributed by atoms with van der Waals surface area (Å²) in [6, 6.07) is 2.00. The molecule has 1 aromatic heterocycles. The molecule has 0 aliphatic rings. The number of nitrogens with zero attached hydrogens (tertiary/aromatic N) is 1. The fraction of sp³-hybridized carbons (Fsp3) is 0.636.